The predicted octanol–water partition coefficient (Wildman–Crippen LogP) is 2.75. The number of nitrogens with two attached hydrogens (primary N) is 2. The van der Waals surface area contributed by atoms with Crippen molar-refractivity contribution in [3.63, 3.8) is 0 Å². The van der Waals surface area contributed by atoms with E-state index in [0.29, 0.717) is 18.0 Å². The third-order valence-corrected chi connectivity index (χ3v) is 4.86. The van der Waals surface area contributed by atoms with Crippen LogP contribution in [0.15, 0.2) is 45.9 Å². The van der Waals surface area contributed by atoms with Gasteiger partial charge in [-0.2, -0.15) is 0 Å². The largest absolute Gasteiger partial charge is 0.463 e. The molecule has 1 amide bonds. The molecule has 7 nitrogen and oxygen atoms in total. The van der Waals surface area contributed by atoms with Crippen LogP contribution in [0.4, 0.5) is 5.82 Å². The van der Waals surface area contributed by atoms with Gasteiger partial charge in [-0.15, -0.1) is 0 Å². The number of aryl methyl sites for hydroxylation is 1. The van der Waals surface area contributed by atoms with Crippen molar-refractivity contribution in [1.82, 2.24) is 9.55 Å². The van der Waals surface area contributed by atoms with Gasteiger partial charge in [0, 0.05) is 29.9 Å². The molecule has 0 bridgehead atoms. The van der Waals surface area contributed by atoms with Crippen LogP contribution in [-0.4, -0.2) is 15.5 Å². The van der Waals surface area contributed by atoms with E-state index in [-0.39, 0.29) is 22.9 Å². The van der Waals surface area contributed by atoms with Crippen LogP contribution < -0.4 is 17.0 Å². The highest BCUT2D eigenvalue weighted by molar-refractivity contribution is 6.03. The lowest BCUT2D eigenvalue weighted by atomic mass is 9.91. The van der Waals surface area contributed by atoms with E-state index in [2.05, 4.69) is 4.98 Å². The van der Waals surface area contributed by atoms with Gasteiger partial charge in [0.25, 0.3) is 11.5 Å². The van der Waals surface area contributed by atoms with E-state index in [4.69, 9.17) is 15.9 Å². The van der Waals surface area contributed by atoms with E-state index < -0.39 is 5.91 Å². The summed E-state index contributed by atoms with van der Waals surface area (Å²) in [5, 5.41) is 0. The van der Waals surface area contributed by atoms with Crippen molar-refractivity contribution in [2.45, 2.75) is 32.2 Å². The number of pyridine rings is 2. The summed E-state index contributed by atoms with van der Waals surface area (Å²) in [7, 11) is 0. The molecule has 3 aromatic heterocycles. The fourth-order valence-corrected chi connectivity index (χ4v) is 3.47. The maximum Gasteiger partial charge on any atom is 0.252 e. The first-order valence-electron chi connectivity index (χ1n) is 8.89. The molecule has 1 aliphatic rings. The van der Waals surface area contributed by atoms with Crippen LogP contribution in [0.1, 0.15) is 41.6 Å². The number of hydrogen-bond acceptors (Lipinski definition) is 5. The summed E-state index contributed by atoms with van der Waals surface area (Å²) in [6, 6.07) is 6.82. The lowest BCUT2D eigenvalue weighted by Crippen LogP contribution is -2.20. The maximum atomic E-state index is 12.2. The molecular weight excluding hydrogens is 344 g/mol. The molecule has 1 saturated carbocycles. The molecule has 3 heterocycles. The van der Waals surface area contributed by atoms with E-state index in [9.17, 15) is 9.59 Å². The molecule has 0 saturated heterocycles. The summed E-state index contributed by atoms with van der Waals surface area (Å²) >= 11 is 0. The first-order valence-corrected chi connectivity index (χ1v) is 8.89. The van der Waals surface area contributed by atoms with Gasteiger partial charge in [0.2, 0.25) is 0 Å². The molecular formula is C20H20N4O3. The van der Waals surface area contributed by atoms with Gasteiger partial charge in [-0.05, 0) is 49.4 Å². The number of nitrogens with zero attached hydrogens (tertiary/aromatic N) is 2. The molecule has 3 aromatic rings. The molecule has 0 atom stereocenters. The molecule has 0 aliphatic heterocycles. The summed E-state index contributed by atoms with van der Waals surface area (Å²) in [5.74, 6) is 0.230. The summed E-state index contributed by atoms with van der Waals surface area (Å²) in [6.07, 6.45) is 5.23. The van der Waals surface area contributed by atoms with Crippen molar-refractivity contribution in [3.05, 3.63) is 58.2 Å². The van der Waals surface area contributed by atoms with Crippen molar-refractivity contribution >= 4 is 11.7 Å². The summed E-state index contributed by atoms with van der Waals surface area (Å²) < 4.78 is 7.18. The molecule has 27 heavy (non-hydrogen) atoms. The summed E-state index contributed by atoms with van der Waals surface area (Å²) in [4.78, 5) is 28.7. The average molecular weight is 364 g/mol. The molecule has 0 unspecified atom stereocenters. The van der Waals surface area contributed by atoms with E-state index in [1.54, 1.807) is 35.2 Å². The Balaban J connectivity index is 2.10. The standard InChI is InChI=1S/C20H20N4O3/c1-2-24-10-12(7-8-14(24)25)16-15(11-5-6-11)17(20(22)26)19(21)23-18(16)13-4-3-9-27-13/h3-4,7-11H,2,5-6H2,1H3,(H2,21,23)(H2,22,26). The molecule has 0 spiro atoms. The van der Waals surface area contributed by atoms with E-state index in [0.717, 1.165) is 29.5 Å². The quantitative estimate of drug-likeness (QED) is 0.722. The third kappa shape index (κ3) is 2.91. The number of aromatic nitrogens is 2. The van der Waals surface area contributed by atoms with Gasteiger partial charge < -0.3 is 20.5 Å². The number of carbonyl (C=O) groups is 1. The monoisotopic (exact) mass is 364 g/mol. The van der Waals surface area contributed by atoms with Gasteiger partial charge >= 0.3 is 0 Å². The van der Waals surface area contributed by atoms with Crippen LogP contribution in [0, 0.1) is 0 Å². The second-order valence-electron chi connectivity index (χ2n) is 6.67. The predicted molar refractivity (Wildman–Crippen MR) is 102 cm³/mol. The van der Waals surface area contributed by atoms with Crippen LogP contribution in [0.25, 0.3) is 22.6 Å². The van der Waals surface area contributed by atoms with E-state index in [1.807, 2.05) is 6.92 Å². The van der Waals surface area contributed by atoms with Crippen LogP contribution >= 0.6 is 0 Å². The zero-order valence-corrected chi connectivity index (χ0v) is 14.9. The van der Waals surface area contributed by atoms with Gasteiger partial charge in [0.1, 0.15) is 11.5 Å². The Hall–Kier alpha value is -3.35. The Morgan fingerprint density at radius 3 is 2.70 bits per heavy atom. The zero-order valence-electron chi connectivity index (χ0n) is 14.9. The Morgan fingerprint density at radius 2 is 2.11 bits per heavy atom. The minimum absolute atomic E-state index is 0.0905. The first kappa shape index (κ1) is 17.1. The normalized spacial score (nSPS) is 13.7. The van der Waals surface area contributed by atoms with Crippen LogP contribution in [-0.2, 0) is 6.54 Å². The molecule has 138 valence electrons. The fourth-order valence-electron chi connectivity index (χ4n) is 3.47. The summed E-state index contributed by atoms with van der Waals surface area (Å²) in [5.41, 5.74) is 14.8. The van der Waals surface area contributed by atoms with Gasteiger partial charge in [-0.25, -0.2) is 4.98 Å². The highest BCUT2D eigenvalue weighted by Gasteiger charge is 2.35. The van der Waals surface area contributed by atoms with Crippen molar-refractivity contribution in [2.24, 2.45) is 5.73 Å². The highest BCUT2D eigenvalue weighted by Crippen LogP contribution is 2.49. The number of anilines is 1. The van der Waals surface area contributed by atoms with Crippen molar-refractivity contribution < 1.29 is 9.21 Å². The molecule has 4 rings (SSSR count). The van der Waals surface area contributed by atoms with Crippen LogP contribution in [0.5, 0.6) is 0 Å². The van der Waals surface area contributed by atoms with E-state index in [1.165, 1.54) is 6.07 Å². The minimum Gasteiger partial charge on any atom is -0.463 e. The highest BCUT2D eigenvalue weighted by atomic mass is 16.3. The molecule has 0 aromatic carbocycles. The van der Waals surface area contributed by atoms with Crippen LogP contribution in [0.2, 0.25) is 0 Å². The first-order chi connectivity index (χ1) is 13.0. The number of primary amides is 1. The summed E-state index contributed by atoms with van der Waals surface area (Å²) in [6.45, 7) is 2.43. The number of carbonyl (C=O) groups excluding carboxylic acids is 1. The zero-order chi connectivity index (χ0) is 19.1. The van der Waals surface area contributed by atoms with Crippen LogP contribution in [0.3, 0.4) is 0 Å². The Bertz CT molecular complexity index is 1080. The fraction of sp³-hybridized carbons (Fsp3) is 0.250. The van der Waals surface area contributed by atoms with Crippen molar-refractivity contribution in [3.8, 4) is 22.6 Å². The number of hydrogen-bond donors (Lipinski definition) is 2. The van der Waals surface area contributed by atoms with Gasteiger partial charge in [0.05, 0.1) is 11.8 Å². The van der Waals surface area contributed by atoms with Gasteiger partial charge in [-0.3, -0.25) is 9.59 Å². The molecule has 7 heteroatoms. The third-order valence-electron chi connectivity index (χ3n) is 4.86. The van der Waals surface area contributed by atoms with Crippen molar-refractivity contribution in [2.75, 3.05) is 5.73 Å². The average Bonchev–Trinajstić information content (AvgIpc) is 3.34. The maximum absolute atomic E-state index is 12.2. The van der Waals surface area contributed by atoms with E-state index >= 15 is 0 Å². The Labute approximate surface area is 155 Å². The lowest BCUT2D eigenvalue weighted by molar-refractivity contribution is 0.1000. The number of furan rings is 1. The SMILES string of the molecule is CCn1cc(-c2c(-c3ccco3)nc(N)c(C(N)=O)c2C2CC2)ccc1=O. The number of nitrogen functional groups attached to an aromatic ring is 1. The Morgan fingerprint density at radius 1 is 1.33 bits per heavy atom. The minimum atomic E-state index is -0.599. The molecule has 4 N–H and O–H groups in total. The van der Waals surface area contributed by atoms with Gasteiger partial charge in [-0.1, -0.05) is 0 Å². The molecule has 0 radical (unpaired) electrons. The topological polar surface area (TPSA) is 117 Å². The lowest BCUT2D eigenvalue weighted by Gasteiger charge is -2.18. The Kier molecular flexibility index (Phi) is 4.07. The second kappa shape index (κ2) is 6.42. The molecule has 1 aliphatic carbocycles. The molecule has 1 fully saturated rings. The smallest absolute Gasteiger partial charge is 0.252 e. The second-order valence-corrected chi connectivity index (χ2v) is 6.67. The number of rotatable bonds is 5. The van der Waals surface area contributed by atoms with Crippen molar-refractivity contribution in [1.29, 1.82) is 0 Å². The van der Waals surface area contributed by atoms with Gasteiger partial charge in [0.15, 0.2) is 5.76 Å². The number of amides is 1.